The van der Waals surface area contributed by atoms with Gasteiger partial charge in [0, 0.05) is 6.04 Å². The van der Waals surface area contributed by atoms with Gasteiger partial charge in [-0.2, -0.15) is 13.2 Å². The van der Waals surface area contributed by atoms with E-state index in [1.54, 1.807) is 12.1 Å². The van der Waals surface area contributed by atoms with E-state index in [9.17, 15) is 18.3 Å². The van der Waals surface area contributed by atoms with E-state index in [1.807, 2.05) is 41.5 Å². The first kappa shape index (κ1) is 22.1. The van der Waals surface area contributed by atoms with Crippen LogP contribution < -0.4 is 5.73 Å². The largest absolute Gasteiger partial charge is 0.507 e. The number of nitrogens with two attached hydrogens (primary N) is 1. The zero-order valence-corrected chi connectivity index (χ0v) is 15.3. The zero-order chi connectivity index (χ0) is 17.5. The highest BCUT2D eigenvalue weighted by Gasteiger charge is 2.33. The fraction of sp³-hybridized carbons (Fsp3) is 0.647. The summed E-state index contributed by atoms with van der Waals surface area (Å²) in [5.74, 6) is 0.142. The summed E-state index contributed by atoms with van der Waals surface area (Å²) in [7, 11) is 0. The molecule has 1 aromatic carbocycles. The summed E-state index contributed by atoms with van der Waals surface area (Å²) in [6, 6.07) is 2.06. The maximum Gasteiger partial charge on any atom is 0.390 e. The summed E-state index contributed by atoms with van der Waals surface area (Å²) in [6.45, 7) is 11.5. The molecule has 2 nitrogen and oxygen atoms in total. The highest BCUT2D eigenvalue weighted by atomic mass is 35.5. The zero-order valence-electron chi connectivity index (χ0n) is 14.5. The smallest absolute Gasteiger partial charge is 0.390 e. The van der Waals surface area contributed by atoms with Crippen LogP contribution in [0.1, 0.15) is 70.7 Å². The lowest BCUT2D eigenvalue weighted by molar-refractivity contribution is -0.138. The van der Waals surface area contributed by atoms with Gasteiger partial charge in [-0.15, -0.1) is 12.4 Å². The van der Waals surface area contributed by atoms with Crippen molar-refractivity contribution < 1.29 is 18.3 Å². The fourth-order valence-electron chi connectivity index (χ4n) is 2.38. The SMILES string of the molecule is CC(C)(C)c1cc([C@H](N)CC(F)(F)F)cc(C(C)(C)C)c1O.Cl. The molecule has 0 aliphatic carbocycles. The van der Waals surface area contributed by atoms with Gasteiger partial charge in [-0.3, -0.25) is 0 Å². The van der Waals surface area contributed by atoms with Gasteiger partial charge in [-0.05, 0) is 39.7 Å². The van der Waals surface area contributed by atoms with Crippen molar-refractivity contribution in [1.82, 2.24) is 0 Å². The normalized spacial score (nSPS) is 14.3. The van der Waals surface area contributed by atoms with E-state index in [0.717, 1.165) is 0 Å². The van der Waals surface area contributed by atoms with Gasteiger partial charge in [0.25, 0.3) is 0 Å². The van der Waals surface area contributed by atoms with Gasteiger partial charge >= 0.3 is 6.18 Å². The van der Waals surface area contributed by atoms with Crippen LogP contribution >= 0.6 is 12.4 Å². The van der Waals surface area contributed by atoms with Crippen molar-refractivity contribution in [3.63, 3.8) is 0 Å². The van der Waals surface area contributed by atoms with Gasteiger partial charge in [0.15, 0.2) is 0 Å². The first-order chi connectivity index (χ1) is 9.63. The number of phenols is 1. The van der Waals surface area contributed by atoms with Crippen molar-refractivity contribution in [3.05, 3.63) is 28.8 Å². The van der Waals surface area contributed by atoms with Gasteiger partial charge in [-0.25, -0.2) is 0 Å². The van der Waals surface area contributed by atoms with E-state index in [0.29, 0.717) is 16.7 Å². The first-order valence-corrected chi connectivity index (χ1v) is 7.33. The molecule has 0 aliphatic heterocycles. The number of benzene rings is 1. The third-order valence-electron chi connectivity index (χ3n) is 3.63. The van der Waals surface area contributed by atoms with Crippen molar-refractivity contribution in [1.29, 1.82) is 0 Å². The van der Waals surface area contributed by atoms with Crippen LogP contribution in [0.2, 0.25) is 0 Å². The molecule has 0 saturated carbocycles. The Balaban J connectivity index is 0.00000484. The number of alkyl halides is 3. The molecule has 0 amide bonds. The van der Waals surface area contributed by atoms with Crippen molar-refractivity contribution in [2.45, 2.75) is 71.0 Å². The van der Waals surface area contributed by atoms with E-state index in [-0.39, 0.29) is 18.2 Å². The minimum Gasteiger partial charge on any atom is -0.507 e. The van der Waals surface area contributed by atoms with Gasteiger partial charge in [0.2, 0.25) is 0 Å². The molecule has 0 radical (unpaired) electrons. The van der Waals surface area contributed by atoms with E-state index < -0.39 is 29.5 Å². The minimum absolute atomic E-state index is 0. The van der Waals surface area contributed by atoms with Crippen LogP contribution in [0.25, 0.3) is 0 Å². The number of rotatable bonds is 2. The molecule has 23 heavy (non-hydrogen) atoms. The number of hydrogen-bond donors (Lipinski definition) is 2. The van der Waals surface area contributed by atoms with Gasteiger partial charge in [0.1, 0.15) is 5.75 Å². The number of phenolic OH excluding ortho intramolecular Hbond substituents is 1. The average Bonchev–Trinajstić information content (AvgIpc) is 2.23. The third-order valence-corrected chi connectivity index (χ3v) is 3.63. The van der Waals surface area contributed by atoms with Crippen LogP contribution in [0.3, 0.4) is 0 Å². The molecule has 1 aromatic rings. The van der Waals surface area contributed by atoms with Gasteiger partial charge in [-0.1, -0.05) is 41.5 Å². The van der Waals surface area contributed by atoms with Gasteiger partial charge < -0.3 is 10.8 Å². The third kappa shape index (κ3) is 5.88. The Morgan fingerprint density at radius 1 is 0.957 bits per heavy atom. The Morgan fingerprint density at radius 3 is 1.57 bits per heavy atom. The Morgan fingerprint density at radius 2 is 1.30 bits per heavy atom. The summed E-state index contributed by atoms with van der Waals surface area (Å²) in [5.41, 5.74) is 6.62. The van der Waals surface area contributed by atoms with Crippen molar-refractivity contribution in [2.75, 3.05) is 0 Å². The van der Waals surface area contributed by atoms with Crippen LogP contribution in [0, 0.1) is 0 Å². The van der Waals surface area contributed by atoms with Crippen LogP contribution in [-0.4, -0.2) is 11.3 Å². The molecule has 134 valence electrons. The summed E-state index contributed by atoms with van der Waals surface area (Å²) in [6.07, 6.45) is -5.40. The van der Waals surface area contributed by atoms with E-state index in [4.69, 9.17) is 5.73 Å². The van der Waals surface area contributed by atoms with E-state index >= 15 is 0 Å². The second kappa shape index (κ2) is 6.89. The molecule has 1 rings (SSSR count). The maximum absolute atomic E-state index is 12.6. The lowest BCUT2D eigenvalue weighted by atomic mass is 9.77. The second-order valence-corrected chi connectivity index (χ2v) is 7.89. The Bertz CT molecular complexity index is 507. The predicted molar refractivity (Wildman–Crippen MR) is 90.4 cm³/mol. The lowest BCUT2D eigenvalue weighted by Crippen LogP contribution is -2.23. The molecule has 3 N–H and O–H groups in total. The molecular weight excluding hydrogens is 327 g/mol. The second-order valence-electron chi connectivity index (χ2n) is 7.89. The quantitative estimate of drug-likeness (QED) is 0.751. The Labute approximate surface area is 142 Å². The number of halogens is 4. The lowest BCUT2D eigenvalue weighted by Gasteiger charge is -2.29. The predicted octanol–water partition coefficient (Wildman–Crippen LogP) is 5.36. The standard InChI is InChI=1S/C17H26F3NO.ClH/c1-15(2,3)11-7-10(13(21)9-17(18,19)20)8-12(14(11)22)16(4,5)6;/h7-8,13,22H,9,21H2,1-6H3;1H/t13-;/m1./s1. The summed E-state index contributed by atoms with van der Waals surface area (Å²) >= 11 is 0. The molecule has 0 aromatic heterocycles. The molecule has 1 atom stereocenters. The number of aromatic hydroxyl groups is 1. The van der Waals surface area contributed by atoms with E-state index in [2.05, 4.69) is 0 Å². The van der Waals surface area contributed by atoms with Crippen LogP contribution in [-0.2, 0) is 10.8 Å². The summed E-state index contributed by atoms with van der Waals surface area (Å²) in [4.78, 5) is 0. The topological polar surface area (TPSA) is 46.2 Å². The highest BCUT2D eigenvalue weighted by molar-refractivity contribution is 5.85. The van der Waals surface area contributed by atoms with E-state index in [1.165, 1.54) is 0 Å². The highest BCUT2D eigenvalue weighted by Crippen LogP contribution is 2.41. The molecule has 0 aliphatic rings. The first-order valence-electron chi connectivity index (χ1n) is 7.33. The van der Waals surface area contributed by atoms with Crippen molar-refractivity contribution >= 4 is 12.4 Å². The minimum atomic E-state index is -4.32. The molecule has 0 spiro atoms. The van der Waals surface area contributed by atoms with Crippen LogP contribution in [0.4, 0.5) is 13.2 Å². The molecule has 6 heteroatoms. The monoisotopic (exact) mass is 353 g/mol. The van der Waals surface area contributed by atoms with Crippen molar-refractivity contribution in [3.8, 4) is 5.75 Å². The summed E-state index contributed by atoms with van der Waals surface area (Å²) < 4.78 is 37.8. The average molecular weight is 354 g/mol. The number of hydrogen-bond acceptors (Lipinski definition) is 2. The van der Waals surface area contributed by atoms with Crippen LogP contribution in [0.15, 0.2) is 12.1 Å². The molecule has 0 saturated heterocycles. The molecule has 0 fully saturated rings. The maximum atomic E-state index is 12.6. The Kier molecular flexibility index (Phi) is 6.61. The molecular formula is C17H27ClF3NO. The molecule has 0 heterocycles. The Hall–Kier alpha value is -0.940. The van der Waals surface area contributed by atoms with Crippen molar-refractivity contribution in [2.24, 2.45) is 5.73 Å². The van der Waals surface area contributed by atoms with Gasteiger partial charge in [0.05, 0.1) is 6.42 Å². The molecule has 0 bridgehead atoms. The fourth-order valence-corrected chi connectivity index (χ4v) is 2.38. The van der Waals surface area contributed by atoms with Crippen LogP contribution in [0.5, 0.6) is 5.75 Å². The summed E-state index contributed by atoms with van der Waals surface area (Å²) in [5, 5.41) is 10.5. The molecule has 0 unspecified atom stereocenters.